The van der Waals surface area contributed by atoms with E-state index in [0.29, 0.717) is 0 Å². The second-order valence-electron chi connectivity index (χ2n) is 7.41. The van der Waals surface area contributed by atoms with Crippen molar-refractivity contribution in [1.82, 2.24) is 23.9 Å². The highest BCUT2D eigenvalue weighted by Gasteiger charge is 2.21. The molecular formula is C23H21N5O. The van der Waals surface area contributed by atoms with Gasteiger partial charge in [0.2, 0.25) is 0 Å². The average molecular weight is 383 g/mol. The molecule has 2 aromatic carbocycles. The van der Waals surface area contributed by atoms with Crippen LogP contribution in [0, 0.1) is 13.8 Å². The first-order valence-corrected chi connectivity index (χ1v) is 9.53. The van der Waals surface area contributed by atoms with E-state index in [1.54, 1.807) is 22.4 Å². The molecule has 0 spiro atoms. The number of hydrogen-bond acceptors (Lipinski definition) is 3. The first kappa shape index (κ1) is 17.4. The fourth-order valence-electron chi connectivity index (χ4n) is 4.10. The minimum atomic E-state index is -0.0985. The Hall–Kier alpha value is -3.67. The third kappa shape index (κ3) is 2.45. The van der Waals surface area contributed by atoms with E-state index < -0.39 is 0 Å². The third-order valence-corrected chi connectivity index (χ3v) is 5.68. The van der Waals surface area contributed by atoms with Gasteiger partial charge in [-0.05, 0) is 37.1 Å². The van der Waals surface area contributed by atoms with Gasteiger partial charge < -0.3 is 0 Å². The summed E-state index contributed by atoms with van der Waals surface area (Å²) in [4.78, 5) is 17.9. The molecule has 0 bridgehead atoms. The van der Waals surface area contributed by atoms with Gasteiger partial charge in [0.15, 0.2) is 0 Å². The van der Waals surface area contributed by atoms with Crippen LogP contribution in [-0.4, -0.2) is 23.9 Å². The highest BCUT2D eigenvalue weighted by atomic mass is 16.1. The molecule has 0 aliphatic carbocycles. The minimum absolute atomic E-state index is 0.0985. The molecule has 6 nitrogen and oxygen atoms in total. The zero-order valence-electron chi connectivity index (χ0n) is 16.8. The molecule has 0 amide bonds. The van der Waals surface area contributed by atoms with Gasteiger partial charge in [-0.3, -0.25) is 18.8 Å². The minimum Gasteiger partial charge on any atom is -0.293 e. The van der Waals surface area contributed by atoms with Crippen molar-refractivity contribution >= 4 is 21.9 Å². The fraction of sp³-hybridized carbons (Fsp3) is 0.174. The van der Waals surface area contributed by atoms with Crippen molar-refractivity contribution in [3.63, 3.8) is 0 Å². The number of aromatic nitrogens is 5. The lowest BCUT2D eigenvalue weighted by molar-refractivity contribution is 0.730. The molecule has 0 radical (unpaired) electrons. The van der Waals surface area contributed by atoms with Crippen LogP contribution in [0.5, 0.6) is 0 Å². The first-order valence-electron chi connectivity index (χ1n) is 9.53. The van der Waals surface area contributed by atoms with Crippen LogP contribution >= 0.6 is 0 Å². The van der Waals surface area contributed by atoms with E-state index in [2.05, 4.69) is 34.3 Å². The van der Waals surface area contributed by atoms with Crippen molar-refractivity contribution in [2.24, 2.45) is 14.1 Å². The normalized spacial score (nSPS) is 11.6. The molecule has 144 valence electrons. The Bertz CT molecular complexity index is 1450. The molecule has 3 heterocycles. The van der Waals surface area contributed by atoms with Crippen LogP contribution in [0.25, 0.3) is 38.8 Å². The number of hydrogen-bond donors (Lipinski definition) is 0. The molecule has 0 fully saturated rings. The zero-order valence-corrected chi connectivity index (χ0v) is 16.8. The summed E-state index contributed by atoms with van der Waals surface area (Å²) in [5, 5.41) is 5.47. The fourth-order valence-corrected chi connectivity index (χ4v) is 4.10. The van der Waals surface area contributed by atoms with Crippen LogP contribution in [0.3, 0.4) is 0 Å². The van der Waals surface area contributed by atoms with Crippen LogP contribution < -0.4 is 5.69 Å². The van der Waals surface area contributed by atoms with E-state index in [9.17, 15) is 4.79 Å². The van der Waals surface area contributed by atoms with Crippen molar-refractivity contribution in [1.29, 1.82) is 0 Å². The van der Waals surface area contributed by atoms with E-state index in [0.717, 1.165) is 50.1 Å². The quantitative estimate of drug-likeness (QED) is 0.465. The lowest BCUT2D eigenvalue weighted by atomic mass is 10.0. The molecule has 5 aromatic rings. The number of aryl methyl sites for hydroxylation is 3. The monoisotopic (exact) mass is 383 g/mol. The van der Waals surface area contributed by atoms with Gasteiger partial charge in [-0.1, -0.05) is 36.4 Å². The summed E-state index contributed by atoms with van der Waals surface area (Å²) in [5.41, 5.74) is 7.25. The van der Waals surface area contributed by atoms with E-state index in [1.165, 1.54) is 0 Å². The highest BCUT2D eigenvalue weighted by Crippen LogP contribution is 2.30. The first-order chi connectivity index (χ1) is 14.0. The Balaban J connectivity index is 1.94. The lowest BCUT2D eigenvalue weighted by Gasteiger charge is -2.08. The second kappa shape index (κ2) is 6.17. The van der Waals surface area contributed by atoms with Gasteiger partial charge in [-0.25, -0.2) is 4.79 Å². The molecule has 6 heteroatoms. The van der Waals surface area contributed by atoms with Gasteiger partial charge >= 0.3 is 5.69 Å². The van der Waals surface area contributed by atoms with Gasteiger partial charge in [0.25, 0.3) is 0 Å². The van der Waals surface area contributed by atoms with Gasteiger partial charge in [-0.15, -0.1) is 0 Å². The van der Waals surface area contributed by atoms with Gasteiger partial charge in [0, 0.05) is 19.5 Å². The number of fused-ring (bicyclic) bond motifs is 3. The predicted molar refractivity (Wildman–Crippen MR) is 115 cm³/mol. The van der Waals surface area contributed by atoms with Crippen LogP contribution in [0.2, 0.25) is 0 Å². The summed E-state index contributed by atoms with van der Waals surface area (Å²) >= 11 is 0. The van der Waals surface area contributed by atoms with Crippen LogP contribution in [0.15, 0.2) is 59.5 Å². The van der Waals surface area contributed by atoms with E-state index in [1.807, 2.05) is 49.8 Å². The molecule has 5 rings (SSSR count). The molecule has 0 aliphatic heterocycles. The molecule has 0 saturated heterocycles. The molecule has 0 aliphatic rings. The number of pyridine rings is 1. The van der Waals surface area contributed by atoms with Crippen molar-refractivity contribution in [2.45, 2.75) is 13.8 Å². The Labute approximate surface area is 167 Å². The molecule has 0 unspecified atom stereocenters. The number of rotatable bonds is 2. The summed E-state index contributed by atoms with van der Waals surface area (Å²) in [6.45, 7) is 3.92. The van der Waals surface area contributed by atoms with E-state index in [-0.39, 0.29) is 5.69 Å². The topological polar surface area (TPSA) is 57.6 Å². The van der Waals surface area contributed by atoms with Crippen molar-refractivity contribution in [3.05, 3.63) is 76.6 Å². The maximum absolute atomic E-state index is 13.3. The molecule has 0 atom stereocenters. The number of imidazole rings is 1. The Morgan fingerprint density at radius 2 is 1.69 bits per heavy atom. The van der Waals surface area contributed by atoms with Crippen molar-refractivity contribution < 1.29 is 0 Å². The summed E-state index contributed by atoms with van der Waals surface area (Å²) in [6, 6.07) is 16.4. The Morgan fingerprint density at radius 1 is 0.931 bits per heavy atom. The molecule has 29 heavy (non-hydrogen) atoms. The molecule has 3 aromatic heterocycles. The second-order valence-corrected chi connectivity index (χ2v) is 7.41. The molecular weight excluding hydrogens is 362 g/mol. The van der Waals surface area contributed by atoms with Crippen LogP contribution in [-0.2, 0) is 14.1 Å². The smallest absolute Gasteiger partial charge is 0.293 e. The SMILES string of the molecule is Cc1nn(C)c(C)c1-n1c(=O)n(C)c2cnc3ccc(-c4ccccc4)cc3c21. The summed E-state index contributed by atoms with van der Waals surface area (Å²) in [7, 11) is 3.69. The van der Waals surface area contributed by atoms with Crippen LogP contribution in [0.1, 0.15) is 11.4 Å². The summed E-state index contributed by atoms with van der Waals surface area (Å²) in [6.07, 6.45) is 1.78. The Morgan fingerprint density at radius 3 is 2.38 bits per heavy atom. The van der Waals surface area contributed by atoms with E-state index >= 15 is 0 Å². The number of benzene rings is 2. The van der Waals surface area contributed by atoms with Gasteiger partial charge in [-0.2, -0.15) is 5.10 Å². The van der Waals surface area contributed by atoms with E-state index in [4.69, 9.17) is 0 Å². The third-order valence-electron chi connectivity index (χ3n) is 5.68. The molecule has 0 N–H and O–H groups in total. The summed E-state index contributed by atoms with van der Waals surface area (Å²) < 4.78 is 5.25. The zero-order chi connectivity index (χ0) is 20.3. The average Bonchev–Trinajstić information content (AvgIpc) is 3.14. The maximum Gasteiger partial charge on any atom is 0.333 e. The number of nitrogens with zero attached hydrogens (tertiary/aromatic N) is 5. The van der Waals surface area contributed by atoms with Gasteiger partial charge in [0.05, 0.1) is 39.8 Å². The van der Waals surface area contributed by atoms with Crippen molar-refractivity contribution in [2.75, 3.05) is 0 Å². The largest absolute Gasteiger partial charge is 0.333 e. The summed E-state index contributed by atoms with van der Waals surface area (Å²) in [5.74, 6) is 0. The highest BCUT2D eigenvalue weighted by molar-refractivity contribution is 6.04. The maximum atomic E-state index is 13.3. The molecule has 0 saturated carbocycles. The van der Waals surface area contributed by atoms with Crippen molar-refractivity contribution in [3.8, 4) is 16.8 Å². The standard InChI is InChI=1S/C23H21N5O/c1-14-21(15(2)27(4)25-14)28-22-18-12-17(16-8-6-5-7-9-16)10-11-19(18)24-13-20(22)26(3)23(28)29/h5-13H,1-4H3. The van der Waals surface area contributed by atoms with Crippen LogP contribution in [0.4, 0.5) is 0 Å². The Kier molecular flexibility index (Phi) is 3.71. The predicted octanol–water partition coefficient (Wildman–Crippen LogP) is 3.89. The van der Waals surface area contributed by atoms with Gasteiger partial charge in [0.1, 0.15) is 0 Å². The lowest BCUT2D eigenvalue weighted by Crippen LogP contribution is -2.21.